The highest BCUT2D eigenvalue weighted by Crippen LogP contribution is 2.31. The Kier molecular flexibility index (Phi) is 3.86. The van der Waals surface area contributed by atoms with E-state index < -0.39 is 10.0 Å². The van der Waals surface area contributed by atoms with Gasteiger partial charge in [0.15, 0.2) is 5.84 Å². The van der Waals surface area contributed by atoms with Gasteiger partial charge in [0.25, 0.3) is 10.0 Å². The van der Waals surface area contributed by atoms with E-state index in [1.165, 1.54) is 6.42 Å². The zero-order valence-electron chi connectivity index (χ0n) is 11.1. The van der Waals surface area contributed by atoms with Gasteiger partial charge in [-0.3, -0.25) is 0 Å². The van der Waals surface area contributed by atoms with Crippen LogP contribution in [0.5, 0.6) is 0 Å². The van der Waals surface area contributed by atoms with E-state index in [1.54, 1.807) is 12.1 Å². The van der Waals surface area contributed by atoms with E-state index in [2.05, 4.69) is 25.2 Å². The third-order valence-corrected chi connectivity index (χ3v) is 5.74. The molecule has 1 saturated heterocycles. The van der Waals surface area contributed by atoms with Crippen molar-refractivity contribution >= 4 is 31.8 Å². The molecule has 0 radical (unpaired) electrons. The number of halogens is 1. The van der Waals surface area contributed by atoms with E-state index >= 15 is 0 Å². The zero-order valence-corrected chi connectivity index (χ0v) is 13.5. The van der Waals surface area contributed by atoms with Crippen molar-refractivity contribution in [3.63, 3.8) is 0 Å². The van der Waals surface area contributed by atoms with Crippen LogP contribution in [0.3, 0.4) is 0 Å². The molecule has 0 saturated carbocycles. The number of nitrogens with zero attached hydrogens (tertiary/aromatic N) is 2. The minimum Gasteiger partial charge on any atom is -0.352 e. The summed E-state index contributed by atoms with van der Waals surface area (Å²) < 4.78 is 28.3. The molecule has 2 heterocycles. The number of rotatable bonds is 2. The Hall–Kier alpha value is -0.880. The SMILES string of the molecule is O=S1(=O)N=C(N2CCCCC2CCBr)c2ccccc21. The summed E-state index contributed by atoms with van der Waals surface area (Å²) in [5.74, 6) is 0.645. The van der Waals surface area contributed by atoms with Gasteiger partial charge >= 0.3 is 0 Å². The summed E-state index contributed by atoms with van der Waals surface area (Å²) in [5.41, 5.74) is 0.758. The van der Waals surface area contributed by atoms with Crippen LogP contribution in [-0.4, -0.2) is 37.1 Å². The van der Waals surface area contributed by atoms with Gasteiger partial charge in [0.2, 0.25) is 0 Å². The highest BCUT2D eigenvalue weighted by Gasteiger charge is 2.34. The maximum atomic E-state index is 12.1. The molecule has 2 aliphatic heterocycles. The van der Waals surface area contributed by atoms with Gasteiger partial charge in [-0.2, -0.15) is 8.42 Å². The molecule has 0 aromatic heterocycles. The first-order valence-corrected chi connectivity index (χ1v) is 9.46. The molecule has 20 heavy (non-hydrogen) atoms. The Morgan fingerprint density at radius 1 is 1.30 bits per heavy atom. The standard InChI is InChI=1S/C14H17BrN2O2S/c15-9-8-11-5-3-4-10-17(11)14-12-6-1-2-7-13(12)20(18,19)16-14/h1-2,6-7,11H,3-5,8-10H2. The van der Waals surface area contributed by atoms with Gasteiger partial charge in [-0.15, -0.1) is 4.40 Å². The van der Waals surface area contributed by atoms with Crippen molar-refractivity contribution in [1.82, 2.24) is 4.90 Å². The molecule has 1 unspecified atom stereocenters. The first kappa shape index (κ1) is 14.1. The second kappa shape index (κ2) is 5.48. The van der Waals surface area contributed by atoms with Crippen molar-refractivity contribution in [3.8, 4) is 0 Å². The number of alkyl halides is 1. The van der Waals surface area contributed by atoms with Crippen molar-refractivity contribution in [2.75, 3.05) is 11.9 Å². The number of sulfonamides is 1. The Bertz CT molecular complexity index is 640. The lowest BCUT2D eigenvalue weighted by Gasteiger charge is -2.37. The highest BCUT2D eigenvalue weighted by atomic mass is 79.9. The summed E-state index contributed by atoms with van der Waals surface area (Å²) in [4.78, 5) is 2.53. The Balaban J connectivity index is 2.01. The van der Waals surface area contributed by atoms with Crippen molar-refractivity contribution in [3.05, 3.63) is 29.8 Å². The molecule has 0 spiro atoms. The summed E-state index contributed by atoms with van der Waals surface area (Å²) >= 11 is 3.49. The monoisotopic (exact) mass is 356 g/mol. The molecule has 108 valence electrons. The number of fused-ring (bicyclic) bond motifs is 1. The predicted octanol–water partition coefficient (Wildman–Crippen LogP) is 2.78. The molecule has 0 N–H and O–H groups in total. The normalized spacial score (nSPS) is 24.4. The van der Waals surface area contributed by atoms with Crippen LogP contribution in [0.15, 0.2) is 33.6 Å². The summed E-state index contributed by atoms with van der Waals surface area (Å²) in [6.45, 7) is 0.889. The molecule has 6 heteroatoms. The van der Waals surface area contributed by atoms with Crippen LogP contribution in [0.2, 0.25) is 0 Å². The fourth-order valence-corrected chi connectivity index (χ4v) is 4.75. The van der Waals surface area contributed by atoms with Crippen LogP contribution in [0, 0.1) is 0 Å². The van der Waals surface area contributed by atoms with Gasteiger partial charge < -0.3 is 4.90 Å². The summed E-state index contributed by atoms with van der Waals surface area (Å²) in [7, 11) is -3.51. The third kappa shape index (κ3) is 2.39. The van der Waals surface area contributed by atoms with Crippen molar-refractivity contribution < 1.29 is 8.42 Å². The van der Waals surface area contributed by atoms with Crippen LogP contribution >= 0.6 is 15.9 Å². The number of hydrogen-bond donors (Lipinski definition) is 0. The summed E-state index contributed by atoms with van der Waals surface area (Å²) in [6.07, 6.45) is 4.42. The smallest absolute Gasteiger partial charge is 0.285 e. The first-order chi connectivity index (χ1) is 9.63. The molecule has 0 bridgehead atoms. The van der Waals surface area contributed by atoms with Crippen LogP contribution in [0.1, 0.15) is 31.2 Å². The molecule has 4 nitrogen and oxygen atoms in total. The average Bonchev–Trinajstić information content (AvgIpc) is 2.72. The number of benzene rings is 1. The highest BCUT2D eigenvalue weighted by molar-refractivity contribution is 9.09. The predicted molar refractivity (Wildman–Crippen MR) is 82.9 cm³/mol. The molecule has 3 rings (SSSR count). The third-order valence-electron chi connectivity index (χ3n) is 3.95. The number of piperidine rings is 1. The Morgan fingerprint density at radius 2 is 2.10 bits per heavy atom. The summed E-state index contributed by atoms with van der Waals surface area (Å²) in [5, 5.41) is 0.926. The number of hydrogen-bond acceptors (Lipinski definition) is 3. The molecule has 1 aromatic rings. The molecule has 0 amide bonds. The molecular weight excluding hydrogens is 340 g/mol. The number of amidine groups is 1. The zero-order chi connectivity index (χ0) is 14.2. The molecule has 0 aliphatic carbocycles. The van der Waals surface area contributed by atoms with Gasteiger partial charge in [0, 0.05) is 23.5 Å². The van der Waals surface area contributed by atoms with Gasteiger partial charge in [-0.05, 0) is 37.8 Å². The topological polar surface area (TPSA) is 49.7 Å². The molecule has 1 fully saturated rings. The van der Waals surface area contributed by atoms with Crippen LogP contribution < -0.4 is 0 Å². The quantitative estimate of drug-likeness (QED) is 0.765. The molecular formula is C14H17BrN2O2S. The fourth-order valence-electron chi connectivity index (χ4n) is 3.00. The number of likely N-dealkylation sites (tertiary alicyclic amines) is 1. The minimum atomic E-state index is -3.51. The first-order valence-electron chi connectivity index (χ1n) is 6.90. The van der Waals surface area contributed by atoms with Crippen LogP contribution in [0.25, 0.3) is 0 Å². The molecule has 1 aromatic carbocycles. The Labute approximate surface area is 128 Å². The van der Waals surface area contributed by atoms with E-state index in [4.69, 9.17) is 0 Å². The molecule has 1 atom stereocenters. The van der Waals surface area contributed by atoms with Gasteiger partial charge in [0.1, 0.15) is 4.90 Å². The van der Waals surface area contributed by atoms with Gasteiger partial charge in [-0.1, -0.05) is 28.1 Å². The van der Waals surface area contributed by atoms with E-state index in [0.717, 1.165) is 36.7 Å². The second-order valence-electron chi connectivity index (χ2n) is 5.21. The van der Waals surface area contributed by atoms with Crippen molar-refractivity contribution in [2.24, 2.45) is 4.40 Å². The average molecular weight is 357 g/mol. The lowest BCUT2D eigenvalue weighted by Crippen LogP contribution is -2.43. The maximum Gasteiger partial charge on any atom is 0.285 e. The lowest BCUT2D eigenvalue weighted by molar-refractivity contribution is 0.238. The van der Waals surface area contributed by atoms with E-state index in [-0.39, 0.29) is 0 Å². The van der Waals surface area contributed by atoms with Crippen LogP contribution in [0.4, 0.5) is 0 Å². The van der Waals surface area contributed by atoms with Gasteiger partial charge in [0.05, 0.1) is 0 Å². The van der Waals surface area contributed by atoms with Gasteiger partial charge in [-0.25, -0.2) is 0 Å². The van der Waals surface area contributed by atoms with E-state index in [1.807, 2.05) is 12.1 Å². The minimum absolute atomic E-state index is 0.346. The summed E-state index contributed by atoms with van der Waals surface area (Å²) in [6, 6.07) is 7.51. The van der Waals surface area contributed by atoms with Crippen molar-refractivity contribution in [1.29, 1.82) is 0 Å². The van der Waals surface area contributed by atoms with E-state index in [9.17, 15) is 8.42 Å². The molecule has 2 aliphatic rings. The van der Waals surface area contributed by atoms with Crippen LogP contribution in [-0.2, 0) is 10.0 Å². The van der Waals surface area contributed by atoms with Crippen molar-refractivity contribution in [2.45, 2.75) is 36.6 Å². The largest absolute Gasteiger partial charge is 0.352 e. The maximum absolute atomic E-state index is 12.1. The second-order valence-corrected chi connectivity index (χ2v) is 7.57. The lowest BCUT2D eigenvalue weighted by atomic mass is 9.98. The Morgan fingerprint density at radius 3 is 2.90 bits per heavy atom. The fraction of sp³-hybridized carbons (Fsp3) is 0.500. The van der Waals surface area contributed by atoms with E-state index in [0.29, 0.717) is 16.8 Å².